The fraction of sp³-hybridized carbons (Fsp3) is 0.652. The molecule has 1 saturated heterocycles. The average molecular weight is 417 g/mol. The van der Waals surface area contributed by atoms with Crippen molar-refractivity contribution in [3.05, 3.63) is 29.8 Å². The van der Waals surface area contributed by atoms with Gasteiger partial charge in [0.05, 0.1) is 7.11 Å². The lowest BCUT2D eigenvalue weighted by Crippen LogP contribution is -2.48. The van der Waals surface area contributed by atoms with Crippen LogP contribution >= 0.6 is 0 Å². The molecule has 0 atom stereocenters. The molecule has 2 fully saturated rings. The summed E-state index contributed by atoms with van der Waals surface area (Å²) in [6.45, 7) is 2.75. The molecule has 0 spiro atoms. The minimum atomic E-state index is -0.151. The lowest BCUT2D eigenvalue weighted by Gasteiger charge is -2.34. The van der Waals surface area contributed by atoms with E-state index in [2.05, 4.69) is 16.0 Å². The molecule has 1 heterocycles. The fourth-order valence-corrected chi connectivity index (χ4v) is 4.35. The molecular formula is C23H36N4O3. The van der Waals surface area contributed by atoms with Crippen LogP contribution in [-0.2, 0) is 6.54 Å². The van der Waals surface area contributed by atoms with Gasteiger partial charge in [-0.15, -0.1) is 0 Å². The number of nitrogens with zero attached hydrogens (tertiary/aromatic N) is 1. The van der Waals surface area contributed by atoms with Crippen molar-refractivity contribution in [1.82, 2.24) is 20.9 Å². The molecule has 1 aromatic carbocycles. The molecule has 1 aromatic rings. The van der Waals surface area contributed by atoms with Crippen LogP contribution in [0.1, 0.15) is 56.9 Å². The second-order valence-corrected chi connectivity index (χ2v) is 8.46. The predicted molar refractivity (Wildman–Crippen MR) is 118 cm³/mol. The molecule has 0 unspecified atom stereocenters. The molecule has 3 rings (SSSR count). The van der Waals surface area contributed by atoms with Gasteiger partial charge >= 0.3 is 12.1 Å². The normalized spacial score (nSPS) is 18.0. The number of ether oxygens (including phenoxy) is 1. The van der Waals surface area contributed by atoms with Gasteiger partial charge in [0.2, 0.25) is 0 Å². The van der Waals surface area contributed by atoms with Crippen molar-refractivity contribution in [2.75, 3.05) is 26.7 Å². The van der Waals surface area contributed by atoms with E-state index in [4.69, 9.17) is 4.74 Å². The van der Waals surface area contributed by atoms with Gasteiger partial charge in [0.25, 0.3) is 0 Å². The van der Waals surface area contributed by atoms with E-state index in [9.17, 15) is 9.59 Å². The summed E-state index contributed by atoms with van der Waals surface area (Å²) in [4.78, 5) is 26.4. The second-order valence-electron chi connectivity index (χ2n) is 8.46. The van der Waals surface area contributed by atoms with E-state index in [-0.39, 0.29) is 12.1 Å². The molecule has 2 aliphatic rings. The quantitative estimate of drug-likeness (QED) is 0.635. The van der Waals surface area contributed by atoms with Crippen molar-refractivity contribution in [2.24, 2.45) is 5.92 Å². The summed E-state index contributed by atoms with van der Waals surface area (Å²) in [5.41, 5.74) is 1.00. The maximum Gasteiger partial charge on any atom is 0.317 e. The van der Waals surface area contributed by atoms with Crippen molar-refractivity contribution >= 4 is 12.1 Å². The van der Waals surface area contributed by atoms with Gasteiger partial charge in [-0.2, -0.15) is 0 Å². The molecule has 30 heavy (non-hydrogen) atoms. The molecule has 1 aliphatic heterocycles. The molecular weight excluding hydrogens is 380 g/mol. The highest BCUT2D eigenvalue weighted by Crippen LogP contribution is 2.21. The number of piperidine rings is 1. The minimum absolute atomic E-state index is 0.107. The number of methoxy groups -OCH3 is 1. The summed E-state index contributed by atoms with van der Waals surface area (Å²) in [6.07, 6.45) is 8.95. The van der Waals surface area contributed by atoms with E-state index in [1.165, 1.54) is 19.3 Å². The van der Waals surface area contributed by atoms with E-state index in [0.717, 1.165) is 56.5 Å². The van der Waals surface area contributed by atoms with Crippen molar-refractivity contribution in [3.63, 3.8) is 0 Å². The van der Waals surface area contributed by atoms with Crippen LogP contribution in [0.25, 0.3) is 0 Å². The van der Waals surface area contributed by atoms with Crippen molar-refractivity contribution in [3.8, 4) is 5.75 Å². The van der Waals surface area contributed by atoms with Crippen LogP contribution in [0.4, 0.5) is 9.59 Å². The number of hydrogen-bond acceptors (Lipinski definition) is 3. The molecule has 7 nitrogen and oxygen atoms in total. The Balaban J connectivity index is 1.27. The number of hydrogen-bond donors (Lipinski definition) is 3. The fourth-order valence-electron chi connectivity index (χ4n) is 4.35. The zero-order valence-electron chi connectivity index (χ0n) is 18.1. The van der Waals surface area contributed by atoms with Gasteiger partial charge in [-0.05, 0) is 55.7 Å². The van der Waals surface area contributed by atoms with E-state index in [1.807, 2.05) is 29.2 Å². The third-order valence-electron chi connectivity index (χ3n) is 6.26. The Hall–Kier alpha value is -2.44. The highest BCUT2D eigenvalue weighted by molar-refractivity contribution is 5.74. The van der Waals surface area contributed by atoms with Crippen molar-refractivity contribution in [2.45, 2.75) is 64.0 Å². The minimum Gasteiger partial charge on any atom is -0.497 e. The van der Waals surface area contributed by atoms with Gasteiger partial charge in [-0.1, -0.05) is 31.4 Å². The van der Waals surface area contributed by atoms with Crippen molar-refractivity contribution < 1.29 is 14.3 Å². The van der Waals surface area contributed by atoms with Crippen molar-refractivity contribution in [1.29, 1.82) is 0 Å². The third-order valence-corrected chi connectivity index (χ3v) is 6.26. The number of likely N-dealkylation sites (tertiary alicyclic amines) is 1. The monoisotopic (exact) mass is 416 g/mol. The molecule has 7 heteroatoms. The Morgan fingerprint density at radius 2 is 1.83 bits per heavy atom. The average Bonchev–Trinajstić information content (AvgIpc) is 2.79. The second kappa shape index (κ2) is 11.7. The lowest BCUT2D eigenvalue weighted by atomic mass is 9.93. The Morgan fingerprint density at radius 3 is 2.57 bits per heavy atom. The SMILES string of the molecule is COc1cccc(CNC(=O)NCCC2CCN(C(=O)NC3CCCCC3)CC2)c1. The van der Waals surface area contributed by atoms with E-state index < -0.39 is 0 Å². The first-order valence-electron chi connectivity index (χ1n) is 11.3. The maximum atomic E-state index is 12.4. The largest absolute Gasteiger partial charge is 0.497 e. The number of rotatable bonds is 7. The van der Waals surface area contributed by atoms with Crippen LogP contribution in [0.2, 0.25) is 0 Å². The third kappa shape index (κ3) is 7.11. The number of nitrogens with one attached hydrogen (secondary N) is 3. The Labute approximate surface area is 179 Å². The molecule has 3 N–H and O–H groups in total. The van der Waals surface area contributed by atoms with Gasteiger partial charge in [0.15, 0.2) is 0 Å². The van der Waals surface area contributed by atoms with E-state index in [0.29, 0.717) is 25.0 Å². The van der Waals surface area contributed by atoms with Crippen LogP contribution < -0.4 is 20.7 Å². The van der Waals surface area contributed by atoms with Gasteiger partial charge in [0, 0.05) is 32.2 Å². The highest BCUT2D eigenvalue weighted by Gasteiger charge is 2.24. The molecule has 1 aliphatic carbocycles. The molecule has 0 radical (unpaired) electrons. The zero-order valence-corrected chi connectivity index (χ0v) is 18.1. The number of carbonyl (C=O) groups is 2. The van der Waals surface area contributed by atoms with Gasteiger partial charge in [0.1, 0.15) is 5.75 Å². The lowest BCUT2D eigenvalue weighted by molar-refractivity contribution is 0.162. The summed E-state index contributed by atoms with van der Waals surface area (Å²) in [5, 5.41) is 9.03. The predicted octanol–water partition coefficient (Wildman–Crippen LogP) is 3.64. The van der Waals surface area contributed by atoms with Gasteiger partial charge in [-0.25, -0.2) is 9.59 Å². The molecule has 0 bridgehead atoms. The molecule has 166 valence electrons. The first-order chi connectivity index (χ1) is 14.6. The first-order valence-corrected chi connectivity index (χ1v) is 11.3. The molecule has 4 amide bonds. The standard InChI is InChI=1S/C23H36N4O3/c1-30-21-9-5-6-19(16-21)17-25-22(28)24-13-10-18-11-14-27(15-12-18)23(29)26-20-7-3-2-4-8-20/h5-6,9,16,18,20H,2-4,7-8,10-15,17H2,1H3,(H,26,29)(H2,24,25,28). The topological polar surface area (TPSA) is 82.7 Å². The number of carbonyl (C=O) groups excluding carboxylic acids is 2. The summed E-state index contributed by atoms with van der Waals surface area (Å²) in [6, 6.07) is 7.99. The van der Waals surface area contributed by atoms with E-state index >= 15 is 0 Å². The van der Waals surface area contributed by atoms with Crippen LogP contribution in [0.15, 0.2) is 24.3 Å². The zero-order chi connectivity index (χ0) is 21.2. The maximum absolute atomic E-state index is 12.4. The van der Waals surface area contributed by atoms with Gasteiger partial charge < -0.3 is 25.6 Å². The van der Waals surface area contributed by atoms with Crippen LogP contribution in [0.5, 0.6) is 5.75 Å². The van der Waals surface area contributed by atoms with Crippen LogP contribution in [0, 0.1) is 5.92 Å². The van der Waals surface area contributed by atoms with Gasteiger partial charge in [-0.3, -0.25) is 0 Å². The number of benzene rings is 1. The Morgan fingerprint density at radius 1 is 1.07 bits per heavy atom. The first kappa shape index (κ1) is 22.2. The highest BCUT2D eigenvalue weighted by atomic mass is 16.5. The molecule has 1 saturated carbocycles. The Kier molecular flexibility index (Phi) is 8.66. The Bertz CT molecular complexity index is 683. The summed E-state index contributed by atoms with van der Waals surface area (Å²) in [7, 11) is 1.63. The number of urea groups is 2. The molecule has 0 aromatic heterocycles. The van der Waals surface area contributed by atoms with Crippen LogP contribution in [-0.4, -0.2) is 49.7 Å². The number of amides is 4. The van der Waals surface area contributed by atoms with Crippen LogP contribution in [0.3, 0.4) is 0 Å². The summed E-state index contributed by atoms with van der Waals surface area (Å²) in [5.74, 6) is 1.34. The van der Waals surface area contributed by atoms with E-state index in [1.54, 1.807) is 7.11 Å². The summed E-state index contributed by atoms with van der Waals surface area (Å²) < 4.78 is 5.20. The smallest absolute Gasteiger partial charge is 0.317 e. The summed E-state index contributed by atoms with van der Waals surface area (Å²) >= 11 is 0.